The smallest absolute Gasteiger partial charge is 0.218 e. The lowest BCUT2D eigenvalue weighted by Gasteiger charge is -2.22. The van der Waals surface area contributed by atoms with E-state index in [1.807, 2.05) is 0 Å². The minimum absolute atomic E-state index is 0.228. The van der Waals surface area contributed by atoms with Crippen LogP contribution in [0.25, 0.3) is 0 Å². The van der Waals surface area contributed by atoms with Crippen molar-refractivity contribution in [3.8, 4) is 0 Å². The molecule has 0 amide bonds. The molecule has 18 heavy (non-hydrogen) atoms. The molecule has 1 aliphatic heterocycles. The summed E-state index contributed by atoms with van der Waals surface area (Å²) in [5, 5.41) is 2.63. The Labute approximate surface area is 107 Å². The molecule has 1 atom stereocenters. The molecule has 0 bridgehead atoms. The molecule has 1 N–H and O–H groups in total. The second kappa shape index (κ2) is 5.34. The number of nitrogens with zero attached hydrogens (tertiary/aromatic N) is 1. The third-order valence-electron chi connectivity index (χ3n) is 3.09. The van der Waals surface area contributed by atoms with Gasteiger partial charge in [0, 0.05) is 26.2 Å². The first-order chi connectivity index (χ1) is 8.50. The van der Waals surface area contributed by atoms with E-state index < -0.39 is 15.3 Å². The van der Waals surface area contributed by atoms with Crippen LogP contribution in [-0.2, 0) is 16.6 Å². The highest BCUT2D eigenvalue weighted by Gasteiger charge is 2.30. The minimum atomic E-state index is -3.30. The predicted octanol–water partition coefficient (Wildman–Crippen LogP) is 0.949. The van der Waals surface area contributed by atoms with E-state index in [2.05, 4.69) is 5.32 Å². The van der Waals surface area contributed by atoms with Crippen molar-refractivity contribution in [1.29, 1.82) is 0 Å². The van der Waals surface area contributed by atoms with Crippen molar-refractivity contribution in [2.75, 3.05) is 19.6 Å². The van der Waals surface area contributed by atoms with Crippen LogP contribution in [0.4, 0.5) is 4.39 Å². The second-order valence-electron chi connectivity index (χ2n) is 4.52. The SMILES string of the molecule is CC1CNCCN(Cc2cccc(F)c2)S1(=O)=O. The molecule has 1 aromatic rings. The van der Waals surface area contributed by atoms with Crippen molar-refractivity contribution in [3.63, 3.8) is 0 Å². The van der Waals surface area contributed by atoms with E-state index in [4.69, 9.17) is 0 Å². The molecule has 1 unspecified atom stereocenters. The summed E-state index contributed by atoms with van der Waals surface area (Å²) in [6, 6.07) is 6.06. The normalized spacial score (nSPS) is 24.7. The van der Waals surface area contributed by atoms with Gasteiger partial charge in [-0.15, -0.1) is 0 Å². The van der Waals surface area contributed by atoms with Crippen LogP contribution in [0.15, 0.2) is 24.3 Å². The number of hydrogen-bond donors (Lipinski definition) is 1. The van der Waals surface area contributed by atoms with Crippen molar-refractivity contribution in [3.05, 3.63) is 35.6 Å². The van der Waals surface area contributed by atoms with E-state index in [0.717, 1.165) is 0 Å². The zero-order valence-electron chi connectivity index (χ0n) is 10.3. The first-order valence-corrected chi connectivity index (χ1v) is 7.44. The number of hydrogen-bond acceptors (Lipinski definition) is 3. The Hall–Kier alpha value is -0.980. The molecule has 0 aliphatic carbocycles. The number of sulfonamides is 1. The summed E-state index contributed by atoms with van der Waals surface area (Å²) in [5.41, 5.74) is 0.674. The molecule has 100 valence electrons. The lowest BCUT2D eigenvalue weighted by Crippen LogP contribution is -2.37. The molecule has 0 radical (unpaired) electrons. The monoisotopic (exact) mass is 272 g/mol. The molecule has 1 fully saturated rings. The molecule has 0 saturated carbocycles. The number of benzene rings is 1. The molecule has 1 aliphatic rings. The quantitative estimate of drug-likeness (QED) is 0.872. The van der Waals surface area contributed by atoms with Gasteiger partial charge in [0.15, 0.2) is 0 Å². The van der Waals surface area contributed by atoms with Crippen LogP contribution in [-0.4, -0.2) is 37.6 Å². The van der Waals surface area contributed by atoms with Crippen LogP contribution in [0.1, 0.15) is 12.5 Å². The van der Waals surface area contributed by atoms with Gasteiger partial charge in [-0.3, -0.25) is 0 Å². The number of halogens is 1. The maximum absolute atomic E-state index is 13.1. The summed E-state index contributed by atoms with van der Waals surface area (Å²) < 4.78 is 38.9. The highest BCUT2D eigenvalue weighted by molar-refractivity contribution is 7.89. The molecular weight excluding hydrogens is 255 g/mol. The summed E-state index contributed by atoms with van der Waals surface area (Å²) in [4.78, 5) is 0. The Morgan fingerprint density at radius 1 is 1.50 bits per heavy atom. The lowest BCUT2D eigenvalue weighted by atomic mass is 10.2. The van der Waals surface area contributed by atoms with Crippen molar-refractivity contribution in [1.82, 2.24) is 9.62 Å². The highest BCUT2D eigenvalue weighted by Crippen LogP contribution is 2.15. The fourth-order valence-electron chi connectivity index (χ4n) is 2.00. The van der Waals surface area contributed by atoms with Gasteiger partial charge in [-0.05, 0) is 24.6 Å². The fourth-order valence-corrected chi connectivity index (χ4v) is 3.52. The molecule has 1 aromatic carbocycles. The standard InChI is InChI=1S/C12H17FN2O2S/c1-10-8-14-5-6-15(18(10,16)17)9-11-3-2-4-12(13)7-11/h2-4,7,10,14H,5-6,8-9H2,1H3. The van der Waals surface area contributed by atoms with Gasteiger partial charge in [0.05, 0.1) is 5.25 Å². The van der Waals surface area contributed by atoms with E-state index >= 15 is 0 Å². The molecule has 1 heterocycles. The summed E-state index contributed by atoms with van der Waals surface area (Å²) >= 11 is 0. The average Bonchev–Trinajstić information content (AvgIpc) is 2.42. The van der Waals surface area contributed by atoms with Crippen LogP contribution >= 0.6 is 0 Å². The van der Waals surface area contributed by atoms with Gasteiger partial charge >= 0.3 is 0 Å². The largest absolute Gasteiger partial charge is 0.314 e. The van der Waals surface area contributed by atoms with Crippen LogP contribution in [0.3, 0.4) is 0 Å². The van der Waals surface area contributed by atoms with E-state index in [1.165, 1.54) is 16.4 Å². The maximum Gasteiger partial charge on any atom is 0.218 e. The Balaban J connectivity index is 2.21. The lowest BCUT2D eigenvalue weighted by molar-refractivity contribution is 0.412. The van der Waals surface area contributed by atoms with Gasteiger partial charge in [-0.2, -0.15) is 4.31 Å². The average molecular weight is 272 g/mol. The Morgan fingerprint density at radius 3 is 3.00 bits per heavy atom. The van der Waals surface area contributed by atoms with Gasteiger partial charge < -0.3 is 5.32 Å². The van der Waals surface area contributed by atoms with Gasteiger partial charge in [-0.25, -0.2) is 12.8 Å². The van der Waals surface area contributed by atoms with E-state index in [0.29, 0.717) is 25.2 Å². The second-order valence-corrected chi connectivity index (χ2v) is 6.87. The van der Waals surface area contributed by atoms with E-state index in [-0.39, 0.29) is 12.4 Å². The number of rotatable bonds is 2. The predicted molar refractivity (Wildman–Crippen MR) is 68.1 cm³/mol. The Bertz CT molecular complexity index is 519. The highest BCUT2D eigenvalue weighted by atomic mass is 32.2. The zero-order chi connectivity index (χ0) is 13.2. The van der Waals surface area contributed by atoms with Gasteiger partial charge in [-0.1, -0.05) is 12.1 Å². The minimum Gasteiger partial charge on any atom is -0.314 e. The fraction of sp³-hybridized carbons (Fsp3) is 0.500. The van der Waals surface area contributed by atoms with E-state index in [9.17, 15) is 12.8 Å². The number of nitrogens with one attached hydrogen (secondary N) is 1. The third-order valence-corrected chi connectivity index (χ3v) is 5.30. The summed E-state index contributed by atoms with van der Waals surface area (Å²) in [6.07, 6.45) is 0. The molecule has 4 nitrogen and oxygen atoms in total. The van der Waals surface area contributed by atoms with Crippen molar-refractivity contribution in [2.24, 2.45) is 0 Å². The molecular formula is C12H17FN2O2S. The van der Waals surface area contributed by atoms with Crippen LogP contribution in [0, 0.1) is 5.82 Å². The van der Waals surface area contributed by atoms with Crippen LogP contribution in [0.5, 0.6) is 0 Å². The zero-order valence-corrected chi connectivity index (χ0v) is 11.1. The van der Waals surface area contributed by atoms with Gasteiger partial charge in [0.2, 0.25) is 10.0 Å². The first kappa shape index (κ1) is 13.5. The molecule has 6 heteroatoms. The van der Waals surface area contributed by atoms with Crippen LogP contribution in [0.2, 0.25) is 0 Å². The maximum atomic E-state index is 13.1. The Kier molecular flexibility index (Phi) is 3.99. The van der Waals surface area contributed by atoms with Crippen molar-refractivity contribution >= 4 is 10.0 Å². The van der Waals surface area contributed by atoms with Crippen molar-refractivity contribution < 1.29 is 12.8 Å². The van der Waals surface area contributed by atoms with Crippen LogP contribution < -0.4 is 5.32 Å². The topological polar surface area (TPSA) is 49.4 Å². The summed E-state index contributed by atoms with van der Waals surface area (Å²) in [7, 11) is -3.30. The Morgan fingerprint density at radius 2 is 2.28 bits per heavy atom. The van der Waals surface area contributed by atoms with Gasteiger partial charge in [0.1, 0.15) is 5.82 Å². The van der Waals surface area contributed by atoms with Gasteiger partial charge in [0.25, 0.3) is 0 Å². The van der Waals surface area contributed by atoms with E-state index in [1.54, 1.807) is 19.1 Å². The third kappa shape index (κ3) is 2.88. The molecule has 0 aromatic heterocycles. The summed E-state index contributed by atoms with van der Waals surface area (Å²) in [6.45, 7) is 3.42. The molecule has 1 saturated heterocycles. The van der Waals surface area contributed by atoms with Crippen molar-refractivity contribution in [2.45, 2.75) is 18.7 Å². The molecule has 2 rings (SSSR count). The first-order valence-electron chi connectivity index (χ1n) is 5.94. The summed E-state index contributed by atoms with van der Waals surface area (Å²) in [5.74, 6) is -0.342. The molecule has 0 spiro atoms.